The van der Waals surface area contributed by atoms with Crippen LogP contribution < -0.4 is 0 Å². The van der Waals surface area contributed by atoms with E-state index in [0.29, 0.717) is 11.3 Å². The average Bonchev–Trinajstić information content (AvgIpc) is 2.70. The monoisotopic (exact) mass is 222 g/mol. The minimum atomic E-state index is -0.242. The van der Waals surface area contributed by atoms with Crippen LogP contribution in [-0.2, 0) is 4.79 Å². The Kier molecular flexibility index (Phi) is 2.11. The van der Waals surface area contributed by atoms with Crippen LogP contribution in [-0.4, -0.2) is 5.91 Å². The van der Waals surface area contributed by atoms with Crippen molar-refractivity contribution < 1.29 is 4.79 Å². The molecule has 0 saturated carbocycles. The molecule has 3 heteroatoms. The van der Waals surface area contributed by atoms with Crippen LogP contribution in [0.3, 0.4) is 0 Å². The van der Waals surface area contributed by atoms with Gasteiger partial charge in [0.1, 0.15) is 5.70 Å². The molecule has 3 nitrogen and oxygen atoms in total. The van der Waals surface area contributed by atoms with Crippen molar-refractivity contribution >= 4 is 22.4 Å². The Hall–Kier alpha value is -2.29. The van der Waals surface area contributed by atoms with Gasteiger partial charge in [0, 0.05) is 11.1 Å². The Labute approximate surface area is 98.5 Å². The summed E-state index contributed by atoms with van der Waals surface area (Å²) >= 11 is 0. The number of rotatable bonds is 1. The van der Waals surface area contributed by atoms with Gasteiger partial charge < -0.3 is 0 Å². The van der Waals surface area contributed by atoms with Crippen LogP contribution in [0.5, 0.6) is 0 Å². The second-order valence-electron chi connectivity index (χ2n) is 4.04. The molecule has 1 aliphatic heterocycles. The van der Waals surface area contributed by atoms with E-state index in [1.54, 1.807) is 6.92 Å². The molecule has 82 valence electrons. The van der Waals surface area contributed by atoms with Gasteiger partial charge in [0.15, 0.2) is 0 Å². The standard InChI is InChI=1S/C14H10N2O/c1-9-13(15-16-14(9)17)12-7-6-10-4-2-3-5-11(10)8-12/h2-8H,1H3. The third-order valence-electron chi connectivity index (χ3n) is 2.94. The van der Waals surface area contributed by atoms with E-state index >= 15 is 0 Å². The summed E-state index contributed by atoms with van der Waals surface area (Å²) in [5, 5.41) is 9.81. The van der Waals surface area contributed by atoms with Crippen LogP contribution >= 0.6 is 0 Å². The molecule has 2 aromatic carbocycles. The molecule has 0 spiro atoms. The van der Waals surface area contributed by atoms with E-state index in [1.807, 2.05) is 36.4 Å². The summed E-state index contributed by atoms with van der Waals surface area (Å²) in [6.07, 6.45) is 0. The third kappa shape index (κ3) is 1.56. The third-order valence-corrected chi connectivity index (χ3v) is 2.94. The van der Waals surface area contributed by atoms with Crippen LogP contribution in [0.25, 0.3) is 16.5 Å². The van der Waals surface area contributed by atoms with Gasteiger partial charge in [0.05, 0.1) is 0 Å². The highest BCUT2D eigenvalue weighted by molar-refractivity contribution is 6.04. The van der Waals surface area contributed by atoms with E-state index in [1.165, 1.54) is 5.39 Å². The molecule has 3 rings (SSSR count). The molecule has 0 saturated heterocycles. The number of azo groups is 1. The first-order valence-corrected chi connectivity index (χ1v) is 5.42. The van der Waals surface area contributed by atoms with Crippen molar-refractivity contribution in [1.82, 2.24) is 0 Å². The number of amides is 1. The highest BCUT2D eigenvalue weighted by Crippen LogP contribution is 2.28. The molecule has 0 radical (unpaired) electrons. The number of carbonyl (C=O) groups excluding carboxylic acids is 1. The number of nitrogens with zero attached hydrogens (tertiary/aromatic N) is 2. The molecule has 0 fully saturated rings. The molecule has 0 unspecified atom stereocenters. The highest BCUT2D eigenvalue weighted by Gasteiger charge is 2.18. The predicted molar refractivity (Wildman–Crippen MR) is 66.4 cm³/mol. The largest absolute Gasteiger partial charge is 0.293 e. The Morgan fingerprint density at radius 3 is 2.41 bits per heavy atom. The number of fused-ring (bicyclic) bond motifs is 1. The Morgan fingerprint density at radius 1 is 0.941 bits per heavy atom. The van der Waals surface area contributed by atoms with Gasteiger partial charge in [-0.05, 0) is 23.8 Å². The molecule has 1 aliphatic rings. The number of benzene rings is 2. The number of carbonyl (C=O) groups is 1. The van der Waals surface area contributed by atoms with Crippen LogP contribution in [0.4, 0.5) is 0 Å². The zero-order valence-electron chi connectivity index (χ0n) is 9.34. The normalized spacial score (nSPS) is 15.0. The highest BCUT2D eigenvalue weighted by atomic mass is 16.2. The minimum absolute atomic E-state index is 0.242. The van der Waals surface area contributed by atoms with Crippen molar-refractivity contribution in [3.05, 3.63) is 53.6 Å². The topological polar surface area (TPSA) is 41.8 Å². The summed E-state index contributed by atoms with van der Waals surface area (Å²) in [6.45, 7) is 1.76. The lowest BCUT2D eigenvalue weighted by Gasteiger charge is -2.02. The van der Waals surface area contributed by atoms with Crippen molar-refractivity contribution in [3.63, 3.8) is 0 Å². The van der Waals surface area contributed by atoms with Crippen molar-refractivity contribution in [3.8, 4) is 0 Å². The molecule has 17 heavy (non-hydrogen) atoms. The minimum Gasteiger partial charge on any atom is -0.265 e. The maximum Gasteiger partial charge on any atom is 0.293 e. The zero-order valence-corrected chi connectivity index (χ0v) is 9.34. The van der Waals surface area contributed by atoms with Gasteiger partial charge in [-0.3, -0.25) is 4.79 Å². The lowest BCUT2D eigenvalue weighted by molar-refractivity contribution is -0.114. The van der Waals surface area contributed by atoms with E-state index in [9.17, 15) is 4.79 Å². The summed E-state index contributed by atoms with van der Waals surface area (Å²) in [5.74, 6) is -0.242. The van der Waals surface area contributed by atoms with Crippen LogP contribution in [0.15, 0.2) is 58.3 Å². The van der Waals surface area contributed by atoms with Crippen LogP contribution in [0.1, 0.15) is 12.5 Å². The Morgan fingerprint density at radius 2 is 1.71 bits per heavy atom. The summed E-state index contributed by atoms with van der Waals surface area (Å²) in [4.78, 5) is 11.3. The second kappa shape index (κ2) is 3.63. The average molecular weight is 222 g/mol. The van der Waals surface area contributed by atoms with Crippen LogP contribution in [0.2, 0.25) is 0 Å². The first kappa shape index (κ1) is 9.90. The molecule has 1 amide bonds. The van der Waals surface area contributed by atoms with E-state index in [0.717, 1.165) is 10.9 Å². The Bertz CT molecular complexity index is 683. The SMILES string of the molecule is CC1=C(c2ccc3ccccc3c2)N=NC1=O. The molecule has 0 aromatic heterocycles. The number of hydrogen-bond donors (Lipinski definition) is 0. The second-order valence-corrected chi connectivity index (χ2v) is 4.04. The van der Waals surface area contributed by atoms with Gasteiger partial charge >= 0.3 is 0 Å². The first-order chi connectivity index (χ1) is 8.25. The van der Waals surface area contributed by atoms with Gasteiger partial charge in [-0.1, -0.05) is 36.4 Å². The van der Waals surface area contributed by atoms with Crippen molar-refractivity contribution in [2.45, 2.75) is 6.92 Å². The Balaban J connectivity index is 2.20. The molecular formula is C14H10N2O. The van der Waals surface area contributed by atoms with Crippen molar-refractivity contribution in [2.75, 3.05) is 0 Å². The van der Waals surface area contributed by atoms with Gasteiger partial charge in [-0.2, -0.15) is 0 Å². The maximum atomic E-state index is 11.3. The molecule has 0 aliphatic carbocycles. The van der Waals surface area contributed by atoms with Crippen LogP contribution in [0, 0.1) is 0 Å². The molecular weight excluding hydrogens is 212 g/mol. The molecule has 1 heterocycles. The van der Waals surface area contributed by atoms with Gasteiger partial charge in [-0.15, -0.1) is 10.2 Å². The summed E-state index contributed by atoms with van der Waals surface area (Å²) in [5.41, 5.74) is 2.23. The predicted octanol–water partition coefficient (Wildman–Crippen LogP) is 3.56. The van der Waals surface area contributed by atoms with Crippen molar-refractivity contribution in [2.24, 2.45) is 10.2 Å². The van der Waals surface area contributed by atoms with E-state index in [-0.39, 0.29) is 5.91 Å². The summed E-state index contributed by atoms with van der Waals surface area (Å²) < 4.78 is 0. The van der Waals surface area contributed by atoms with Gasteiger partial charge in [0.2, 0.25) is 0 Å². The van der Waals surface area contributed by atoms with Crippen molar-refractivity contribution in [1.29, 1.82) is 0 Å². The molecule has 0 bridgehead atoms. The molecule has 0 atom stereocenters. The fraction of sp³-hybridized carbons (Fsp3) is 0.0714. The fourth-order valence-corrected chi connectivity index (χ4v) is 1.96. The smallest absolute Gasteiger partial charge is 0.265 e. The quantitative estimate of drug-likeness (QED) is 0.727. The van der Waals surface area contributed by atoms with E-state index in [4.69, 9.17) is 0 Å². The molecule has 0 N–H and O–H groups in total. The number of hydrogen-bond acceptors (Lipinski definition) is 2. The zero-order chi connectivity index (χ0) is 11.8. The lowest BCUT2D eigenvalue weighted by Crippen LogP contribution is -1.90. The fourth-order valence-electron chi connectivity index (χ4n) is 1.96. The lowest BCUT2D eigenvalue weighted by atomic mass is 10.0. The van der Waals surface area contributed by atoms with E-state index in [2.05, 4.69) is 16.3 Å². The van der Waals surface area contributed by atoms with E-state index < -0.39 is 0 Å². The first-order valence-electron chi connectivity index (χ1n) is 5.42. The van der Waals surface area contributed by atoms with Gasteiger partial charge in [0.25, 0.3) is 5.91 Å². The van der Waals surface area contributed by atoms with Gasteiger partial charge in [-0.25, -0.2) is 0 Å². The summed E-state index contributed by atoms with van der Waals surface area (Å²) in [6, 6.07) is 14.1. The molecule has 2 aromatic rings. The maximum absolute atomic E-state index is 11.3. The summed E-state index contributed by atoms with van der Waals surface area (Å²) in [7, 11) is 0.